The fourth-order valence-electron chi connectivity index (χ4n) is 2.22. The smallest absolute Gasteiger partial charge is 0.129 e. The van der Waals surface area contributed by atoms with Crippen LogP contribution in [0.25, 0.3) is 22.4 Å². The van der Waals surface area contributed by atoms with E-state index >= 15 is 0 Å². The largest absolute Gasteiger partial charge is 0.383 e. The van der Waals surface area contributed by atoms with Crippen LogP contribution >= 0.6 is 0 Å². The number of pyridine rings is 1. The number of nitrogen functional groups attached to an aromatic ring is 1. The average Bonchev–Trinajstić information content (AvgIpc) is 2.75. The summed E-state index contributed by atoms with van der Waals surface area (Å²) in [4.78, 5) is 4.03. The summed E-state index contributed by atoms with van der Waals surface area (Å²) in [5, 5.41) is 4.32. The Hall–Kier alpha value is -2.76. The highest BCUT2D eigenvalue weighted by molar-refractivity contribution is 5.87. The molecule has 0 atom stereocenters. The molecule has 0 unspecified atom stereocenters. The summed E-state index contributed by atoms with van der Waals surface area (Å²) in [6.45, 7) is 0. The molecule has 2 heterocycles. The molecule has 106 valence electrons. The maximum Gasteiger partial charge on any atom is 0.129 e. The maximum atomic E-state index is 13.5. The van der Waals surface area contributed by atoms with Gasteiger partial charge in [-0.2, -0.15) is 5.10 Å². The van der Waals surface area contributed by atoms with Crippen LogP contribution in [-0.2, 0) is 7.05 Å². The van der Waals surface area contributed by atoms with E-state index in [1.54, 1.807) is 25.5 Å². The molecule has 0 spiro atoms. The topological polar surface area (TPSA) is 56.7 Å². The molecule has 0 aliphatic carbocycles. The zero-order valence-corrected chi connectivity index (χ0v) is 11.2. The molecule has 21 heavy (non-hydrogen) atoms. The number of aromatic nitrogens is 3. The molecule has 2 aromatic heterocycles. The lowest BCUT2D eigenvalue weighted by Gasteiger charge is -2.05. The number of rotatable bonds is 2. The van der Waals surface area contributed by atoms with Crippen molar-refractivity contribution in [3.63, 3.8) is 0 Å². The summed E-state index contributed by atoms with van der Waals surface area (Å²) in [7, 11) is 1.67. The van der Waals surface area contributed by atoms with E-state index in [0.717, 1.165) is 11.6 Å². The Balaban J connectivity index is 2.27. The minimum absolute atomic E-state index is 0.332. The number of hydrogen-bond acceptors (Lipinski definition) is 3. The van der Waals surface area contributed by atoms with E-state index in [1.165, 1.54) is 16.8 Å². The average molecular weight is 286 g/mol. The highest BCUT2D eigenvalue weighted by Gasteiger charge is 2.18. The fraction of sp³-hybridized carbons (Fsp3) is 0.0667. The van der Waals surface area contributed by atoms with Crippen molar-refractivity contribution in [3.8, 4) is 22.4 Å². The number of hydrogen-bond donors (Lipinski definition) is 1. The van der Waals surface area contributed by atoms with Crippen LogP contribution in [0.1, 0.15) is 0 Å². The highest BCUT2D eigenvalue weighted by Crippen LogP contribution is 2.36. The first-order valence-electron chi connectivity index (χ1n) is 6.25. The molecule has 0 amide bonds. The first-order valence-corrected chi connectivity index (χ1v) is 6.25. The molecule has 4 nitrogen and oxygen atoms in total. The van der Waals surface area contributed by atoms with Crippen molar-refractivity contribution in [2.45, 2.75) is 0 Å². The van der Waals surface area contributed by atoms with Gasteiger partial charge in [0.1, 0.15) is 23.1 Å². The van der Waals surface area contributed by atoms with Gasteiger partial charge in [0.05, 0.1) is 5.56 Å². The van der Waals surface area contributed by atoms with Crippen molar-refractivity contribution < 1.29 is 8.78 Å². The Morgan fingerprint density at radius 3 is 2.43 bits per heavy atom. The van der Waals surface area contributed by atoms with Crippen molar-refractivity contribution in [2.75, 3.05) is 5.73 Å². The van der Waals surface area contributed by atoms with Crippen molar-refractivity contribution in [1.82, 2.24) is 14.8 Å². The second kappa shape index (κ2) is 4.97. The predicted octanol–water partition coefficient (Wildman–Crippen LogP) is 3.01. The van der Waals surface area contributed by atoms with Gasteiger partial charge in [0, 0.05) is 31.1 Å². The first-order chi connectivity index (χ1) is 10.1. The predicted molar refractivity (Wildman–Crippen MR) is 76.2 cm³/mol. The molecule has 0 aliphatic heterocycles. The van der Waals surface area contributed by atoms with Gasteiger partial charge in [-0.1, -0.05) is 0 Å². The monoisotopic (exact) mass is 286 g/mol. The molecule has 3 aromatic rings. The van der Waals surface area contributed by atoms with E-state index < -0.39 is 11.6 Å². The van der Waals surface area contributed by atoms with Crippen LogP contribution in [-0.4, -0.2) is 14.8 Å². The number of benzene rings is 1. The number of halogens is 2. The van der Waals surface area contributed by atoms with Gasteiger partial charge in [-0.3, -0.25) is 9.67 Å². The minimum atomic E-state index is -0.662. The standard InChI is InChI=1S/C15H12F2N4/c1-21-15(18)13(10-5-11(16)7-12(17)6-10)14(20-21)9-3-2-4-19-8-9/h2-8H,18H2,1H3. The summed E-state index contributed by atoms with van der Waals surface area (Å²) in [6.07, 6.45) is 3.26. The molecule has 0 saturated carbocycles. The Kier molecular flexibility index (Phi) is 3.13. The second-order valence-corrected chi connectivity index (χ2v) is 4.63. The molecular weight excluding hydrogens is 274 g/mol. The van der Waals surface area contributed by atoms with Crippen LogP contribution in [0.3, 0.4) is 0 Å². The molecular formula is C15H12F2N4. The normalized spacial score (nSPS) is 10.8. The molecule has 0 radical (unpaired) electrons. The van der Waals surface area contributed by atoms with Crippen LogP contribution < -0.4 is 5.73 Å². The third-order valence-electron chi connectivity index (χ3n) is 3.18. The summed E-state index contributed by atoms with van der Waals surface area (Å²) >= 11 is 0. The fourth-order valence-corrected chi connectivity index (χ4v) is 2.22. The number of anilines is 1. The number of aryl methyl sites for hydroxylation is 1. The molecule has 0 aliphatic rings. The summed E-state index contributed by atoms with van der Waals surface area (Å²) in [5.74, 6) is -0.991. The molecule has 6 heteroatoms. The summed E-state index contributed by atoms with van der Waals surface area (Å²) in [5.41, 5.74) is 8.10. The van der Waals surface area contributed by atoms with Gasteiger partial charge in [-0.25, -0.2) is 8.78 Å². The Labute approximate surface area is 119 Å². The molecule has 0 fully saturated rings. The van der Waals surface area contributed by atoms with Crippen LogP contribution in [0.2, 0.25) is 0 Å². The third-order valence-corrected chi connectivity index (χ3v) is 3.18. The molecule has 3 rings (SSSR count). The van der Waals surface area contributed by atoms with Gasteiger partial charge in [-0.15, -0.1) is 0 Å². The Morgan fingerprint density at radius 1 is 1.10 bits per heavy atom. The summed E-state index contributed by atoms with van der Waals surface area (Å²) < 4.78 is 28.4. The molecule has 0 bridgehead atoms. The van der Waals surface area contributed by atoms with Gasteiger partial charge in [0.25, 0.3) is 0 Å². The van der Waals surface area contributed by atoms with Crippen molar-refractivity contribution in [2.24, 2.45) is 7.05 Å². The lowest BCUT2D eigenvalue weighted by Crippen LogP contribution is -1.98. The van der Waals surface area contributed by atoms with Crippen molar-refractivity contribution in [1.29, 1.82) is 0 Å². The van der Waals surface area contributed by atoms with Crippen LogP contribution in [0.4, 0.5) is 14.6 Å². The molecule has 2 N–H and O–H groups in total. The molecule has 1 aromatic carbocycles. The quantitative estimate of drug-likeness (QED) is 0.788. The first kappa shape index (κ1) is 13.2. The summed E-state index contributed by atoms with van der Waals surface area (Å²) in [6, 6.07) is 6.86. The lowest BCUT2D eigenvalue weighted by atomic mass is 10.0. The van der Waals surface area contributed by atoms with Gasteiger partial charge in [0.15, 0.2) is 0 Å². The van der Waals surface area contributed by atoms with Crippen LogP contribution in [0, 0.1) is 11.6 Å². The Morgan fingerprint density at radius 2 is 1.81 bits per heavy atom. The van der Waals surface area contributed by atoms with E-state index in [-0.39, 0.29) is 0 Å². The van der Waals surface area contributed by atoms with Gasteiger partial charge >= 0.3 is 0 Å². The second-order valence-electron chi connectivity index (χ2n) is 4.63. The van der Waals surface area contributed by atoms with Gasteiger partial charge in [-0.05, 0) is 29.8 Å². The number of nitrogens with two attached hydrogens (primary N) is 1. The van der Waals surface area contributed by atoms with Crippen LogP contribution in [0.5, 0.6) is 0 Å². The van der Waals surface area contributed by atoms with Crippen molar-refractivity contribution >= 4 is 5.82 Å². The SMILES string of the molecule is Cn1nc(-c2cccnc2)c(-c2cc(F)cc(F)c2)c1N. The van der Waals surface area contributed by atoms with E-state index in [0.29, 0.717) is 22.6 Å². The zero-order valence-electron chi connectivity index (χ0n) is 11.2. The van der Waals surface area contributed by atoms with Gasteiger partial charge in [0.2, 0.25) is 0 Å². The zero-order chi connectivity index (χ0) is 15.0. The van der Waals surface area contributed by atoms with Crippen LogP contribution in [0.15, 0.2) is 42.7 Å². The minimum Gasteiger partial charge on any atom is -0.383 e. The number of nitrogens with zero attached hydrogens (tertiary/aromatic N) is 3. The van der Waals surface area contributed by atoms with Gasteiger partial charge < -0.3 is 5.73 Å². The van der Waals surface area contributed by atoms with E-state index in [4.69, 9.17) is 5.73 Å². The third kappa shape index (κ3) is 2.35. The highest BCUT2D eigenvalue weighted by atomic mass is 19.1. The lowest BCUT2D eigenvalue weighted by molar-refractivity contribution is 0.584. The maximum absolute atomic E-state index is 13.5. The van der Waals surface area contributed by atoms with Crippen molar-refractivity contribution in [3.05, 3.63) is 54.4 Å². The van der Waals surface area contributed by atoms with E-state index in [1.807, 2.05) is 6.07 Å². The van der Waals surface area contributed by atoms with E-state index in [9.17, 15) is 8.78 Å². The molecule has 0 saturated heterocycles. The Bertz CT molecular complexity index is 777. The van der Waals surface area contributed by atoms with E-state index in [2.05, 4.69) is 10.1 Å².